The smallest absolute Gasteiger partial charge is 0.417 e. The maximum Gasteiger partial charge on any atom is 0.417 e. The summed E-state index contributed by atoms with van der Waals surface area (Å²) in [6.07, 6.45) is -6.51. The van der Waals surface area contributed by atoms with Crippen LogP contribution in [0.1, 0.15) is 25.3 Å². The molecule has 1 amide bonds. The summed E-state index contributed by atoms with van der Waals surface area (Å²) in [6.45, 7) is 1.54. The summed E-state index contributed by atoms with van der Waals surface area (Å²) in [7, 11) is 1.04. The van der Waals surface area contributed by atoms with E-state index in [0.29, 0.717) is 0 Å². The largest absolute Gasteiger partial charge is 0.493 e. The quantitative estimate of drug-likeness (QED) is 0.632. The zero-order chi connectivity index (χ0) is 20.6. The number of nitriles is 1. The first-order valence-electron chi connectivity index (χ1n) is 7.90. The number of hydrogen-bond acceptors (Lipinski definition) is 4. The third-order valence-corrected chi connectivity index (χ3v) is 4.91. The average molecular weight is 392 g/mol. The molecular formula is C17H17F5N2O3. The molecule has 10 heteroatoms. The molecule has 0 spiro atoms. The van der Waals surface area contributed by atoms with Gasteiger partial charge < -0.3 is 14.8 Å². The van der Waals surface area contributed by atoms with Crippen molar-refractivity contribution in [2.75, 3.05) is 13.7 Å². The van der Waals surface area contributed by atoms with Gasteiger partial charge >= 0.3 is 6.18 Å². The lowest BCUT2D eigenvalue weighted by atomic mass is 9.77. The van der Waals surface area contributed by atoms with Crippen molar-refractivity contribution in [3.63, 3.8) is 0 Å². The molecule has 1 N–H and O–H groups in total. The predicted molar refractivity (Wildman–Crippen MR) is 82.8 cm³/mol. The highest BCUT2D eigenvalue weighted by atomic mass is 19.4. The van der Waals surface area contributed by atoms with E-state index in [4.69, 9.17) is 14.7 Å². The van der Waals surface area contributed by atoms with Crippen molar-refractivity contribution >= 4 is 5.91 Å². The van der Waals surface area contributed by atoms with Gasteiger partial charge in [0.1, 0.15) is 12.6 Å². The SMILES string of the molecule is COc1c([C@H]2[C@H](C(=O)NCC#N)O[C@@](C)(C(F)(F)F)[C@H]2C)ccc(F)c1F. The van der Waals surface area contributed by atoms with E-state index >= 15 is 0 Å². The fourth-order valence-electron chi connectivity index (χ4n) is 3.27. The van der Waals surface area contributed by atoms with Crippen molar-refractivity contribution in [1.82, 2.24) is 5.32 Å². The first-order chi connectivity index (χ1) is 12.5. The van der Waals surface area contributed by atoms with Gasteiger partial charge in [-0.3, -0.25) is 4.79 Å². The number of nitrogens with one attached hydrogen (secondary N) is 1. The molecule has 0 radical (unpaired) electrons. The van der Waals surface area contributed by atoms with Crippen LogP contribution in [-0.2, 0) is 9.53 Å². The van der Waals surface area contributed by atoms with E-state index in [2.05, 4.69) is 5.32 Å². The molecule has 2 rings (SSSR count). The van der Waals surface area contributed by atoms with Gasteiger partial charge in [0.25, 0.3) is 5.91 Å². The van der Waals surface area contributed by atoms with Crippen molar-refractivity contribution in [2.45, 2.75) is 37.6 Å². The van der Waals surface area contributed by atoms with Crippen LogP contribution in [0.4, 0.5) is 22.0 Å². The fourth-order valence-corrected chi connectivity index (χ4v) is 3.27. The summed E-state index contributed by atoms with van der Waals surface area (Å²) in [5, 5.41) is 10.7. The van der Waals surface area contributed by atoms with Crippen LogP contribution in [0.2, 0.25) is 0 Å². The summed E-state index contributed by atoms with van der Waals surface area (Å²) in [5.41, 5.74) is -2.85. The van der Waals surface area contributed by atoms with E-state index in [0.717, 1.165) is 26.2 Å². The molecule has 1 saturated heterocycles. The summed E-state index contributed by atoms with van der Waals surface area (Å²) in [4.78, 5) is 12.3. The molecule has 1 aliphatic rings. The molecule has 4 atom stereocenters. The van der Waals surface area contributed by atoms with E-state index in [9.17, 15) is 26.7 Å². The predicted octanol–water partition coefficient (Wildman–Crippen LogP) is 3.05. The highest BCUT2D eigenvalue weighted by Gasteiger charge is 2.65. The summed E-state index contributed by atoms with van der Waals surface area (Å²) in [6, 6.07) is 3.44. The Labute approximate surface area is 152 Å². The van der Waals surface area contributed by atoms with Crippen molar-refractivity contribution in [1.29, 1.82) is 5.26 Å². The molecule has 148 valence electrons. The zero-order valence-electron chi connectivity index (χ0n) is 14.7. The van der Waals surface area contributed by atoms with Crippen LogP contribution in [0.5, 0.6) is 5.75 Å². The number of rotatable bonds is 4. The van der Waals surface area contributed by atoms with E-state index in [-0.39, 0.29) is 5.56 Å². The minimum Gasteiger partial charge on any atom is -0.493 e. The van der Waals surface area contributed by atoms with Crippen LogP contribution in [0.3, 0.4) is 0 Å². The molecule has 1 aromatic rings. The first kappa shape index (κ1) is 20.9. The van der Waals surface area contributed by atoms with Crippen LogP contribution in [0.15, 0.2) is 12.1 Å². The lowest BCUT2D eigenvalue weighted by molar-refractivity contribution is -0.272. The molecular weight excluding hydrogens is 375 g/mol. The van der Waals surface area contributed by atoms with Gasteiger partial charge in [0, 0.05) is 17.4 Å². The Morgan fingerprint density at radius 3 is 2.56 bits per heavy atom. The van der Waals surface area contributed by atoms with E-state index in [1.807, 2.05) is 0 Å². The summed E-state index contributed by atoms with van der Waals surface area (Å²) >= 11 is 0. The Hall–Kier alpha value is -2.41. The second kappa shape index (κ2) is 7.31. The van der Waals surface area contributed by atoms with E-state index < -0.39 is 59.6 Å². The van der Waals surface area contributed by atoms with Gasteiger partial charge in [0.2, 0.25) is 5.82 Å². The summed E-state index contributed by atoms with van der Waals surface area (Å²) < 4.78 is 78.4. The Balaban J connectivity index is 2.61. The van der Waals surface area contributed by atoms with Gasteiger partial charge in [0.05, 0.1) is 13.2 Å². The fraction of sp³-hybridized carbons (Fsp3) is 0.529. The molecule has 1 aliphatic heterocycles. The standard InChI is InChI=1S/C17H17F5N2O3/c1-8-11(9-4-5-10(18)12(19)13(9)26-3)14(15(25)24-7-6-23)27-16(8,2)17(20,21)22/h4-5,8,11,14H,7H2,1-3H3,(H,24,25)/t8-,11-,14+,16+/m0/s1. The number of amides is 1. The van der Waals surface area contributed by atoms with Gasteiger partial charge in [0.15, 0.2) is 17.2 Å². The summed E-state index contributed by atoms with van der Waals surface area (Å²) in [5.74, 6) is -6.81. The van der Waals surface area contributed by atoms with Gasteiger partial charge in [-0.1, -0.05) is 13.0 Å². The monoisotopic (exact) mass is 392 g/mol. The van der Waals surface area contributed by atoms with Crippen LogP contribution < -0.4 is 10.1 Å². The van der Waals surface area contributed by atoms with Gasteiger partial charge in [-0.05, 0) is 13.0 Å². The molecule has 0 bridgehead atoms. The second-order valence-electron chi connectivity index (χ2n) is 6.32. The third kappa shape index (κ3) is 3.43. The normalized spacial score (nSPS) is 27.9. The highest BCUT2D eigenvalue weighted by molar-refractivity contribution is 5.83. The van der Waals surface area contributed by atoms with Crippen molar-refractivity contribution in [3.8, 4) is 11.8 Å². The Morgan fingerprint density at radius 1 is 1.41 bits per heavy atom. The maximum atomic E-state index is 14.1. The molecule has 0 aromatic heterocycles. The maximum absolute atomic E-state index is 14.1. The molecule has 1 heterocycles. The van der Waals surface area contributed by atoms with Gasteiger partial charge in [-0.15, -0.1) is 0 Å². The minimum absolute atomic E-state index is 0.131. The number of carbonyl (C=O) groups is 1. The molecule has 0 aliphatic carbocycles. The Morgan fingerprint density at radius 2 is 2.04 bits per heavy atom. The Bertz CT molecular complexity index is 777. The number of carbonyl (C=O) groups excluding carboxylic acids is 1. The number of halogens is 5. The van der Waals surface area contributed by atoms with E-state index in [1.54, 1.807) is 6.07 Å². The molecule has 0 unspecified atom stereocenters. The molecule has 1 fully saturated rings. The highest BCUT2D eigenvalue weighted by Crippen LogP contribution is 2.54. The van der Waals surface area contributed by atoms with Crippen LogP contribution in [-0.4, -0.2) is 37.4 Å². The van der Waals surface area contributed by atoms with Crippen LogP contribution in [0.25, 0.3) is 0 Å². The minimum atomic E-state index is -4.83. The topological polar surface area (TPSA) is 71.3 Å². The number of nitrogens with zero attached hydrogens (tertiary/aromatic N) is 1. The zero-order valence-corrected chi connectivity index (χ0v) is 14.7. The van der Waals surface area contributed by atoms with Crippen molar-refractivity contribution in [2.24, 2.45) is 5.92 Å². The number of methoxy groups -OCH3 is 1. The molecule has 0 saturated carbocycles. The lowest BCUT2D eigenvalue weighted by Gasteiger charge is -2.32. The molecule has 1 aromatic carbocycles. The number of alkyl halides is 3. The Kier molecular flexibility index (Phi) is 5.65. The number of benzene rings is 1. The van der Waals surface area contributed by atoms with E-state index in [1.165, 1.54) is 6.92 Å². The first-order valence-corrected chi connectivity index (χ1v) is 7.90. The van der Waals surface area contributed by atoms with Crippen LogP contribution >= 0.6 is 0 Å². The lowest BCUT2D eigenvalue weighted by Crippen LogP contribution is -2.47. The number of ether oxygens (including phenoxy) is 2. The van der Waals surface area contributed by atoms with Gasteiger partial charge in [-0.25, -0.2) is 4.39 Å². The van der Waals surface area contributed by atoms with Crippen molar-refractivity contribution in [3.05, 3.63) is 29.3 Å². The average Bonchev–Trinajstić information content (AvgIpc) is 2.87. The second-order valence-corrected chi connectivity index (χ2v) is 6.32. The molecule has 5 nitrogen and oxygen atoms in total. The number of hydrogen-bond donors (Lipinski definition) is 1. The van der Waals surface area contributed by atoms with Crippen LogP contribution in [0, 0.1) is 28.9 Å². The molecule has 27 heavy (non-hydrogen) atoms. The third-order valence-electron chi connectivity index (χ3n) is 4.91. The van der Waals surface area contributed by atoms with Crippen molar-refractivity contribution < 1.29 is 36.2 Å². The van der Waals surface area contributed by atoms with Gasteiger partial charge in [-0.2, -0.15) is 22.8 Å².